The molecule has 24 heavy (non-hydrogen) atoms. The van der Waals surface area contributed by atoms with Crippen LogP contribution in [0.3, 0.4) is 0 Å². The predicted molar refractivity (Wildman–Crippen MR) is 94.5 cm³/mol. The first-order chi connectivity index (χ1) is 11.5. The molecule has 0 atom stereocenters. The van der Waals surface area contributed by atoms with Crippen molar-refractivity contribution < 1.29 is 14.7 Å². The van der Waals surface area contributed by atoms with E-state index >= 15 is 0 Å². The normalized spacial score (nSPS) is 16.4. The summed E-state index contributed by atoms with van der Waals surface area (Å²) in [5, 5.41) is 16.1. The average molecular weight is 332 g/mol. The molecule has 0 heterocycles. The van der Waals surface area contributed by atoms with Crippen molar-refractivity contribution in [2.24, 2.45) is 0 Å². The van der Waals surface area contributed by atoms with Crippen molar-refractivity contribution >= 4 is 17.5 Å². The second kappa shape index (κ2) is 8.83. The molecule has 0 aromatic heterocycles. The number of amides is 2. The summed E-state index contributed by atoms with van der Waals surface area (Å²) in [4.78, 5) is 23.7. The number of hydrogen-bond donors (Lipinski definition) is 3. The van der Waals surface area contributed by atoms with Gasteiger partial charge < -0.3 is 15.7 Å². The molecule has 0 aliphatic heterocycles. The van der Waals surface area contributed by atoms with Gasteiger partial charge in [-0.05, 0) is 37.0 Å². The summed E-state index contributed by atoms with van der Waals surface area (Å²) in [7, 11) is 0. The second-order valence-corrected chi connectivity index (χ2v) is 6.74. The van der Waals surface area contributed by atoms with Crippen LogP contribution in [0.4, 0.5) is 5.69 Å². The zero-order valence-corrected chi connectivity index (χ0v) is 14.4. The smallest absolute Gasteiger partial charge is 0.224 e. The van der Waals surface area contributed by atoms with Gasteiger partial charge in [0.15, 0.2) is 0 Å². The van der Waals surface area contributed by atoms with Crippen molar-refractivity contribution in [2.45, 2.75) is 70.4 Å². The van der Waals surface area contributed by atoms with E-state index in [1.165, 1.54) is 0 Å². The third-order valence-corrected chi connectivity index (χ3v) is 4.45. The molecule has 1 aliphatic rings. The number of carbonyl (C=O) groups is 2. The van der Waals surface area contributed by atoms with Crippen LogP contribution in [0.1, 0.15) is 63.9 Å². The lowest BCUT2D eigenvalue weighted by Gasteiger charge is -2.31. The topological polar surface area (TPSA) is 78.4 Å². The lowest BCUT2D eigenvalue weighted by atomic mass is 9.82. The van der Waals surface area contributed by atoms with Crippen molar-refractivity contribution in [1.29, 1.82) is 0 Å². The Bertz CT molecular complexity index is 565. The number of aliphatic hydroxyl groups is 1. The Labute approximate surface area is 143 Å². The molecule has 1 fully saturated rings. The summed E-state index contributed by atoms with van der Waals surface area (Å²) in [5.74, 6) is -0.127. The van der Waals surface area contributed by atoms with Gasteiger partial charge >= 0.3 is 0 Å². The van der Waals surface area contributed by atoms with Gasteiger partial charge in [0, 0.05) is 18.7 Å². The monoisotopic (exact) mass is 332 g/mol. The third-order valence-electron chi connectivity index (χ3n) is 4.45. The highest BCUT2D eigenvalue weighted by Gasteiger charge is 2.31. The van der Waals surface area contributed by atoms with E-state index in [9.17, 15) is 14.7 Å². The second-order valence-electron chi connectivity index (χ2n) is 6.74. The molecule has 5 heteroatoms. The molecule has 5 nitrogen and oxygen atoms in total. The highest BCUT2D eigenvalue weighted by molar-refractivity contribution is 5.90. The number of benzene rings is 1. The van der Waals surface area contributed by atoms with Crippen molar-refractivity contribution in [3.63, 3.8) is 0 Å². The molecule has 1 aliphatic carbocycles. The molecule has 0 radical (unpaired) electrons. The Kier molecular flexibility index (Phi) is 6.79. The highest BCUT2D eigenvalue weighted by Crippen LogP contribution is 2.30. The van der Waals surface area contributed by atoms with E-state index in [2.05, 4.69) is 10.6 Å². The van der Waals surface area contributed by atoms with Crippen LogP contribution in [0.5, 0.6) is 0 Å². The maximum absolute atomic E-state index is 12.1. The molecule has 0 bridgehead atoms. The van der Waals surface area contributed by atoms with E-state index in [1.54, 1.807) is 0 Å². The minimum absolute atomic E-state index is 0.00166. The zero-order chi connectivity index (χ0) is 17.4. The maximum Gasteiger partial charge on any atom is 0.224 e. The number of nitrogens with one attached hydrogen (secondary N) is 2. The fourth-order valence-corrected chi connectivity index (χ4v) is 3.16. The molecule has 1 saturated carbocycles. The summed E-state index contributed by atoms with van der Waals surface area (Å²) in [5.41, 5.74) is 0.831. The van der Waals surface area contributed by atoms with Gasteiger partial charge in [0.1, 0.15) is 0 Å². The van der Waals surface area contributed by atoms with E-state index in [0.717, 1.165) is 36.9 Å². The van der Waals surface area contributed by atoms with Gasteiger partial charge in [-0.1, -0.05) is 38.3 Å². The molecule has 1 aromatic carbocycles. The van der Waals surface area contributed by atoms with Crippen molar-refractivity contribution in [1.82, 2.24) is 5.32 Å². The Balaban J connectivity index is 1.83. The molecule has 2 rings (SSSR count). The standard InChI is InChI=1S/C19H28N2O3/c1-2-7-17(22)21-16-9-6-8-15(12-16)14-20-18(23)13-19(24)10-4-3-5-11-19/h6,8-9,12,24H,2-5,7,10-11,13-14H2,1H3,(H,20,23)(H,21,22). The summed E-state index contributed by atoms with van der Waals surface area (Å²) in [6.45, 7) is 2.36. The van der Waals surface area contributed by atoms with Crippen LogP contribution in [0.25, 0.3) is 0 Å². The van der Waals surface area contributed by atoms with E-state index in [1.807, 2.05) is 31.2 Å². The zero-order valence-electron chi connectivity index (χ0n) is 14.4. The molecule has 2 amide bonds. The Morgan fingerprint density at radius 2 is 1.92 bits per heavy atom. The fraction of sp³-hybridized carbons (Fsp3) is 0.579. The van der Waals surface area contributed by atoms with Gasteiger partial charge in [-0.15, -0.1) is 0 Å². The predicted octanol–water partition coefficient (Wildman–Crippen LogP) is 3.13. The number of anilines is 1. The Morgan fingerprint density at radius 1 is 1.17 bits per heavy atom. The van der Waals surface area contributed by atoms with Crippen LogP contribution < -0.4 is 10.6 Å². The molecule has 132 valence electrons. The number of carbonyl (C=O) groups excluding carboxylic acids is 2. The van der Waals surface area contributed by atoms with Crippen LogP contribution in [-0.4, -0.2) is 22.5 Å². The number of rotatable bonds is 7. The van der Waals surface area contributed by atoms with Crippen LogP contribution in [0.2, 0.25) is 0 Å². The quantitative estimate of drug-likeness (QED) is 0.718. The van der Waals surface area contributed by atoms with E-state index < -0.39 is 5.60 Å². The van der Waals surface area contributed by atoms with Gasteiger partial charge in [-0.25, -0.2) is 0 Å². The largest absolute Gasteiger partial charge is 0.389 e. The van der Waals surface area contributed by atoms with Crippen molar-refractivity contribution in [2.75, 3.05) is 5.32 Å². The summed E-state index contributed by atoms with van der Waals surface area (Å²) in [6.07, 6.45) is 6.01. The highest BCUT2D eigenvalue weighted by atomic mass is 16.3. The summed E-state index contributed by atoms with van der Waals surface area (Å²) < 4.78 is 0. The lowest BCUT2D eigenvalue weighted by Crippen LogP contribution is -2.38. The third kappa shape index (κ3) is 5.96. The van der Waals surface area contributed by atoms with Gasteiger partial charge in [0.25, 0.3) is 0 Å². The maximum atomic E-state index is 12.1. The molecule has 0 spiro atoms. The first-order valence-corrected chi connectivity index (χ1v) is 8.89. The SMILES string of the molecule is CCCC(=O)Nc1cccc(CNC(=O)CC2(O)CCCCC2)c1. The van der Waals surface area contributed by atoms with E-state index in [-0.39, 0.29) is 18.2 Å². The van der Waals surface area contributed by atoms with Gasteiger partial charge in [-0.2, -0.15) is 0 Å². The Hall–Kier alpha value is -1.88. The van der Waals surface area contributed by atoms with E-state index in [4.69, 9.17) is 0 Å². The van der Waals surface area contributed by atoms with E-state index in [0.29, 0.717) is 25.8 Å². The van der Waals surface area contributed by atoms with Crippen LogP contribution in [0.15, 0.2) is 24.3 Å². The number of hydrogen-bond acceptors (Lipinski definition) is 3. The lowest BCUT2D eigenvalue weighted by molar-refractivity contribution is -0.127. The molecule has 0 saturated heterocycles. The minimum atomic E-state index is -0.835. The average Bonchev–Trinajstić information content (AvgIpc) is 2.54. The van der Waals surface area contributed by atoms with Crippen LogP contribution in [-0.2, 0) is 16.1 Å². The summed E-state index contributed by atoms with van der Waals surface area (Å²) >= 11 is 0. The van der Waals surface area contributed by atoms with Crippen molar-refractivity contribution in [3.8, 4) is 0 Å². The van der Waals surface area contributed by atoms with Gasteiger partial charge in [-0.3, -0.25) is 9.59 Å². The van der Waals surface area contributed by atoms with Crippen LogP contribution >= 0.6 is 0 Å². The van der Waals surface area contributed by atoms with Crippen molar-refractivity contribution in [3.05, 3.63) is 29.8 Å². The molecular formula is C19H28N2O3. The van der Waals surface area contributed by atoms with Gasteiger partial charge in [0.05, 0.1) is 12.0 Å². The first-order valence-electron chi connectivity index (χ1n) is 8.89. The summed E-state index contributed by atoms with van der Waals surface area (Å²) in [6, 6.07) is 7.47. The van der Waals surface area contributed by atoms with Gasteiger partial charge in [0.2, 0.25) is 11.8 Å². The Morgan fingerprint density at radius 3 is 2.62 bits per heavy atom. The molecule has 1 aromatic rings. The fourth-order valence-electron chi connectivity index (χ4n) is 3.16. The minimum Gasteiger partial charge on any atom is -0.389 e. The first kappa shape index (κ1) is 18.5. The molecule has 3 N–H and O–H groups in total. The molecule has 0 unspecified atom stereocenters. The molecular weight excluding hydrogens is 304 g/mol. The van der Waals surface area contributed by atoms with Crippen LogP contribution in [0, 0.1) is 0 Å².